The molecule has 0 heterocycles. The predicted molar refractivity (Wildman–Crippen MR) is 73.1 cm³/mol. The number of carbonyl (C=O) groups is 1. The van der Waals surface area contributed by atoms with E-state index in [4.69, 9.17) is 0 Å². The summed E-state index contributed by atoms with van der Waals surface area (Å²) in [6.45, 7) is 0.629. The summed E-state index contributed by atoms with van der Waals surface area (Å²) in [5, 5.41) is 0. The fourth-order valence-electron chi connectivity index (χ4n) is 1.74. The normalized spacial score (nSPS) is 9.94. The third kappa shape index (κ3) is 15.5. The van der Waals surface area contributed by atoms with Crippen molar-refractivity contribution < 1.29 is 9.59 Å². The first-order valence-corrected chi connectivity index (χ1v) is 7.28. The van der Waals surface area contributed by atoms with Crippen molar-refractivity contribution in [1.29, 1.82) is 0 Å². The van der Waals surface area contributed by atoms with E-state index in [1.165, 1.54) is 32.1 Å². The van der Waals surface area contributed by atoms with Crippen molar-refractivity contribution in [2.45, 2.75) is 64.2 Å². The lowest BCUT2D eigenvalue weighted by Gasteiger charge is -2.01. The molecule has 0 spiro atoms. The highest BCUT2D eigenvalue weighted by molar-refractivity contribution is 9.18. The molecule has 0 bridgehead atoms. The largest absolute Gasteiger partial charge is 0.287 e. The first-order valence-electron chi connectivity index (χ1n) is 6.49. The molecule has 0 fully saturated rings. The van der Waals surface area contributed by atoms with Crippen molar-refractivity contribution in [3.63, 3.8) is 0 Å². The first-order chi connectivity index (χ1) is 8.27. The van der Waals surface area contributed by atoms with Gasteiger partial charge in [-0.15, -0.1) is 0 Å². The Morgan fingerprint density at radius 2 is 1.35 bits per heavy atom. The Labute approximate surface area is 112 Å². The second-order valence-corrected chi connectivity index (χ2v) is 5.14. The van der Waals surface area contributed by atoms with Crippen LogP contribution in [0.2, 0.25) is 0 Å². The second kappa shape index (κ2) is 13.6. The number of hydrogen-bond acceptors (Lipinski definition) is 3. The Balaban J connectivity index is 2.98. The average molecular weight is 304 g/mol. The molecule has 0 aliphatic rings. The Hall–Kier alpha value is -0.470. The Morgan fingerprint density at radius 1 is 0.882 bits per heavy atom. The number of halogens is 1. The van der Waals surface area contributed by atoms with Gasteiger partial charge in [-0.3, -0.25) is 4.79 Å². The van der Waals surface area contributed by atoms with E-state index >= 15 is 0 Å². The van der Waals surface area contributed by atoms with Crippen LogP contribution in [0.15, 0.2) is 4.99 Å². The molecular formula is C13H22BrNO2. The van der Waals surface area contributed by atoms with E-state index in [9.17, 15) is 9.59 Å². The van der Waals surface area contributed by atoms with E-state index in [1.54, 1.807) is 6.08 Å². The fourth-order valence-corrected chi connectivity index (χ4v) is 2.02. The molecular weight excluding hydrogens is 282 g/mol. The van der Waals surface area contributed by atoms with Gasteiger partial charge in [0.2, 0.25) is 6.08 Å². The van der Waals surface area contributed by atoms with Gasteiger partial charge >= 0.3 is 0 Å². The van der Waals surface area contributed by atoms with E-state index in [0.29, 0.717) is 13.0 Å². The van der Waals surface area contributed by atoms with Crippen LogP contribution in [-0.4, -0.2) is 17.3 Å². The summed E-state index contributed by atoms with van der Waals surface area (Å²) >= 11 is 2.93. The van der Waals surface area contributed by atoms with Crippen LogP contribution in [0.1, 0.15) is 64.2 Å². The van der Waals surface area contributed by atoms with Crippen molar-refractivity contribution >= 4 is 26.7 Å². The maximum absolute atomic E-state index is 10.6. The number of hydrogen-bond donors (Lipinski definition) is 0. The lowest BCUT2D eigenvalue weighted by Crippen LogP contribution is -1.86. The van der Waals surface area contributed by atoms with E-state index in [2.05, 4.69) is 20.9 Å². The van der Waals surface area contributed by atoms with Crippen LogP contribution >= 0.6 is 15.9 Å². The molecule has 17 heavy (non-hydrogen) atoms. The molecule has 0 aromatic heterocycles. The van der Waals surface area contributed by atoms with Gasteiger partial charge in [0.05, 0.1) is 6.54 Å². The standard InChI is InChI=1S/C13H22BrNO2/c14-13(17)10-8-6-4-2-1-3-5-7-9-11-15-12-16/h1-11H2. The minimum Gasteiger partial charge on any atom is -0.287 e. The van der Waals surface area contributed by atoms with E-state index in [0.717, 1.165) is 25.7 Å². The quantitative estimate of drug-likeness (QED) is 0.235. The second-order valence-electron chi connectivity index (χ2n) is 4.26. The van der Waals surface area contributed by atoms with E-state index in [-0.39, 0.29) is 4.69 Å². The summed E-state index contributed by atoms with van der Waals surface area (Å²) < 4.78 is 0.121. The number of unbranched alkanes of at least 4 members (excludes halogenated alkanes) is 8. The molecule has 0 aliphatic heterocycles. The summed E-state index contributed by atoms with van der Waals surface area (Å²) in [7, 11) is 0. The van der Waals surface area contributed by atoms with Crippen LogP contribution in [0.25, 0.3) is 0 Å². The molecule has 0 saturated carbocycles. The Bertz CT molecular complexity index is 228. The van der Waals surface area contributed by atoms with Gasteiger partial charge < -0.3 is 0 Å². The summed E-state index contributed by atoms with van der Waals surface area (Å²) in [6.07, 6.45) is 12.8. The van der Waals surface area contributed by atoms with Crippen molar-refractivity contribution in [3.05, 3.63) is 0 Å². The molecule has 0 aromatic rings. The van der Waals surface area contributed by atoms with Crippen LogP contribution in [0, 0.1) is 0 Å². The molecule has 0 N–H and O–H groups in total. The number of carbonyl (C=O) groups excluding carboxylic acids is 2. The molecule has 0 unspecified atom stereocenters. The lowest BCUT2D eigenvalue weighted by molar-refractivity contribution is -0.110. The van der Waals surface area contributed by atoms with Gasteiger partial charge in [0, 0.05) is 6.42 Å². The Morgan fingerprint density at radius 3 is 1.82 bits per heavy atom. The highest BCUT2D eigenvalue weighted by atomic mass is 79.9. The van der Waals surface area contributed by atoms with Crippen LogP contribution in [0.4, 0.5) is 0 Å². The molecule has 0 atom stereocenters. The van der Waals surface area contributed by atoms with E-state index < -0.39 is 0 Å². The van der Waals surface area contributed by atoms with Gasteiger partial charge in [-0.05, 0) is 28.8 Å². The maximum atomic E-state index is 10.6. The van der Waals surface area contributed by atoms with Gasteiger partial charge in [0.15, 0.2) is 4.69 Å². The topological polar surface area (TPSA) is 46.5 Å². The minimum absolute atomic E-state index is 0.121. The van der Waals surface area contributed by atoms with Gasteiger partial charge in [0.1, 0.15) is 0 Å². The molecule has 0 rings (SSSR count). The summed E-state index contributed by atoms with van der Waals surface area (Å²) in [5.41, 5.74) is 0. The molecule has 0 radical (unpaired) electrons. The van der Waals surface area contributed by atoms with Crippen LogP contribution in [-0.2, 0) is 9.59 Å². The molecule has 0 aromatic carbocycles. The van der Waals surface area contributed by atoms with Crippen molar-refractivity contribution in [1.82, 2.24) is 0 Å². The number of isocyanates is 1. The molecule has 4 heteroatoms. The molecule has 98 valence electrons. The first kappa shape index (κ1) is 16.5. The van der Waals surface area contributed by atoms with Gasteiger partial charge in [0.25, 0.3) is 0 Å². The van der Waals surface area contributed by atoms with Crippen LogP contribution in [0.5, 0.6) is 0 Å². The van der Waals surface area contributed by atoms with E-state index in [1.807, 2.05) is 0 Å². The zero-order chi connectivity index (χ0) is 12.8. The predicted octanol–water partition coefficient (Wildman–Crippen LogP) is 4.14. The third-order valence-electron chi connectivity index (χ3n) is 2.71. The third-order valence-corrected chi connectivity index (χ3v) is 3.10. The van der Waals surface area contributed by atoms with Crippen molar-refractivity contribution in [2.75, 3.05) is 6.54 Å². The summed E-state index contributed by atoms with van der Waals surface area (Å²) in [6, 6.07) is 0. The number of nitrogens with zero attached hydrogens (tertiary/aromatic N) is 1. The van der Waals surface area contributed by atoms with Gasteiger partial charge in [-0.2, -0.15) is 0 Å². The molecule has 3 nitrogen and oxygen atoms in total. The summed E-state index contributed by atoms with van der Waals surface area (Å²) in [5.74, 6) is 0. The van der Waals surface area contributed by atoms with Gasteiger partial charge in [-0.25, -0.2) is 9.79 Å². The van der Waals surface area contributed by atoms with Crippen molar-refractivity contribution in [2.24, 2.45) is 4.99 Å². The molecule has 0 saturated heterocycles. The van der Waals surface area contributed by atoms with Crippen LogP contribution in [0.3, 0.4) is 0 Å². The highest BCUT2D eigenvalue weighted by Gasteiger charge is 1.95. The monoisotopic (exact) mass is 303 g/mol. The maximum Gasteiger partial charge on any atom is 0.234 e. The SMILES string of the molecule is O=C=NCCCCCCCCCCCC(=O)Br. The zero-order valence-electron chi connectivity index (χ0n) is 10.4. The molecule has 0 amide bonds. The van der Waals surface area contributed by atoms with Gasteiger partial charge in [-0.1, -0.05) is 44.9 Å². The zero-order valence-corrected chi connectivity index (χ0v) is 12.0. The van der Waals surface area contributed by atoms with Crippen molar-refractivity contribution in [3.8, 4) is 0 Å². The molecule has 0 aliphatic carbocycles. The average Bonchev–Trinajstić information content (AvgIpc) is 2.30. The fraction of sp³-hybridized carbons (Fsp3) is 0.846. The minimum atomic E-state index is 0.121. The smallest absolute Gasteiger partial charge is 0.234 e. The number of aliphatic imine (C=N–C) groups is 1. The number of rotatable bonds is 12. The van der Waals surface area contributed by atoms with Crippen LogP contribution < -0.4 is 0 Å². The Kier molecular flexibility index (Phi) is 13.2. The highest BCUT2D eigenvalue weighted by Crippen LogP contribution is 2.11. The lowest BCUT2D eigenvalue weighted by atomic mass is 10.1. The summed E-state index contributed by atoms with van der Waals surface area (Å²) in [4.78, 5) is 23.9.